The van der Waals surface area contributed by atoms with Crippen molar-refractivity contribution >= 4 is 23.2 Å². The first-order valence-electron chi connectivity index (χ1n) is 5.92. The van der Waals surface area contributed by atoms with Crippen molar-refractivity contribution < 1.29 is 0 Å². The number of halogens is 2. The Hall–Kier alpha value is -1.07. The van der Waals surface area contributed by atoms with Gasteiger partial charge in [-0.3, -0.25) is 16.0 Å². The molecule has 0 fully saturated rings. The molecule has 4 nitrogen and oxygen atoms in total. The first kappa shape index (κ1) is 14.3. The number of nitrogens with zero attached hydrogens (tertiary/aromatic N) is 2. The summed E-state index contributed by atoms with van der Waals surface area (Å²) in [6.45, 7) is 1.96. The number of benzene rings is 1. The average molecular weight is 299 g/mol. The van der Waals surface area contributed by atoms with Gasteiger partial charge in [0.05, 0.1) is 11.7 Å². The molecular formula is C13H16Cl2N4. The van der Waals surface area contributed by atoms with Gasteiger partial charge < -0.3 is 0 Å². The van der Waals surface area contributed by atoms with Gasteiger partial charge >= 0.3 is 0 Å². The van der Waals surface area contributed by atoms with E-state index in [9.17, 15) is 0 Å². The highest BCUT2D eigenvalue weighted by Gasteiger charge is 2.19. The van der Waals surface area contributed by atoms with Crippen LogP contribution in [0.2, 0.25) is 10.0 Å². The summed E-state index contributed by atoms with van der Waals surface area (Å²) in [6.07, 6.45) is 0.664. The van der Waals surface area contributed by atoms with Crippen LogP contribution < -0.4 is 11.3 Å². The quantitative estimate of drug-likeness (QED) is 0.674. The zero-order valence-electron chi connectivity index (χ0n) is 10.8. The highest BCUT2D eigenvalue weighted by atomic mass is 35.5. The Morgan fingerprint density at radius 3 is 2.47 bits per heavy atom. The smallest absolute Gasteiger partial charge is 0.0596 e. The van der Waals surface area contributed by atoms with Crippen molar-refractivity contribution in [1.29, 1.82) is 0 Å². The maximum atomic E-state index is 6.21. The van der Waals surface area contributed by atoms with Crippen LogP contribution in [0.1, 0.15) is 23.0 Å². The van der Waals surface area contributed by atoms with Crippen LogP contribution >= 0.6 is 23.2 Å². The third-order valence-corrected chi connectivity index (χ3v) is 3.72. The van der Waals surface area contributed by atoms with Crippen molar-refractivity contribution in [3.8, 4) is 0 Å². The van der Waals surface area contributed by atoms with E-state index in [0.29, 0.717) is 16.5 Å². The number of rotatable bonds is 4. The summed E-state index contributed by atoms with van der Waals surface area (Å²) in [4.78, 5) is 0. The third kappa shape index (κ3) is 3.09. The van der Waals surface area contributed by atoms with E-state index >= 15 is 0 Å². The summed E-state index contributed by atoms with van der Waals surface area (Å²) < 4.78 is 1.84. The first-order valence-corrected chi connectivity index (χ1v) is 6.68. The van der Waals surface area contributed by atoms with E-state index in [1.165, 1.54) is 0 Å². The van der Waals surface area contributed by atoms with Crippen LogP contribution in [0.3, 0.4) is 0 Å². The Bertz CT molecular complexity index is 560. The molecule has 2 aromatic rings. The predicted octanol–water partition coefficient (Wildman–Crippen LogP) is 2.78. The van der Waals surface area contributed by atoms with Gasteiger partial charge in [0.2, 0.25) is 0 Å². The molecule has 0 radical (unpaired) electrons. The van der Waals surface area contributed by atoms with Crippen LogP contribution in [0.25, 0.3) is 0 Å². The van der Waals surface area contributed by atoms with E-state index in [2.05, 4.69) is 10.5 Å². The zero-order valence-corrected chi connectivity index (χ0v) is 12.3. The number of hydrogen-bond donors (Lipinski definition) is 2. The largest absolute Gasteiger partial charge is 0.272 e. The number of aryl methyl sites for hydroxylation is 2. The SMILES string of the molecule is Cc1cc(CC(NN)c2c(Cl)cccc2Cl)n(C)n1. The Morgan fingerprint density at radius 1 is 1.37 bits per heavy atom. The second kappa shape index (κ2) is 5.92. The lowest BCUT2D eigenvalue weighted by atomic mass is 10.0. The van der Waals surface area contributed by atoms with Crippen molar-refractivity contribution in [3.63, 3.8) is 0 Å². The van der Waals surface area contributed by atoms with Crippen LogP contribution in [0.4, 0.5) is 0 Å². The molecule has 3 N–H and O–H groups in total. The summed E-state index contributed by atoms with van der Waals surface area (Å²) in [5.74, 6) is 5.65. The molecule has 0 aliphatic carbocycles. The maximum Gasteiger partial charge on any atom is 0.0596 e. The van der Waals surface area contributed by atoms with Crippen LogP contribution in [-0.2, 0) is 13.5 Å². The zero-order chi connectivity index (χ0) is 14.0. The maximum absolute atomic E-state index is 6.21. The molecule has 0 aliphatic rings. The van der Waals surface area contributed by atoms with Gasteiger partial charge in [0.25, 0.3) is 0 Å². The molecule has 0 spiro atoms. The highest BCUT2D eigenvalue weighted by Crippen LogP contribution is 2.31. The molecule has 1 atom stereocenters. The van der Waals surface area contributed by atoms with Gasteiger partial charge in [0.15, 0.2) is 0 Å². The fourth-order valence-corrected chi connectivity index (χ4v) is 2.81. The van der Waals surface area contributed by atoms with Gasteiger partial charge in [-0.05, 0) is 25.1 Å². The fraction of sp³-hybridized carbons (Fsp3) is 0.308. The van der Waals surface area contributed by atoms with Crippen LogP contribution in [0.5, 0.6) is 0 Å². The molecule has 0 saturated carbocycles. The van der Waals surface area contributed by atoms with E-state index in [0.717, 1.165) is 17.0 Å². The van der Waals surface area contributed by atoms with Gasteiger partial charge in [0, 0.05) is 34.8 Å². The average Bonchev–Trinajstić information content (AvgIpc) is 2.66. The molecule has 0 bridgehead atoms. The van der Waals surface area contributed by atoms with Crippen LogP contribution in [0, 0.1) is 6.92 Å². The first-order chi connectivity index (χ1) is 9.02. The monoisotopic (exact) mass is 298 g/mol. The molecule has 102 valence electrons. The van der Waals surface area contributed by atoms with Crippen molar-refractivity contribution in [1.82, 2.24) is 15.2 Å². The van der Waals surface area contributed by atoms with E-state index in [4.69, 9.17) is 29.0 Å². The van der Waals surface area contributed by atoms with Crippen LogP contribution in [-0.4, -0.2) is 9.78 Å². The number of hydrazine groups is 1. The minimum absolute atomic E-state index is 0.156. The number of nitrogens with one attached hydrogen (secondary N) is 1. The van der Waals surface area contributed by atoms with Gasteiger partial charge in [-0.25, -0.2) is 0 Å². The third-order valence-electron chi connectivity index (χ3n) is 3.06. The minimum atomic E-state index is -0.156. The number of nitrogens with two attached hydrogens (primary N) is 1. The Labute approximate surface area is 122 Å². The predicted molar refractivity (Wildman–Crippen MR) is 78.2 cm³/mol. The summed E-state index contributed by atoms with van der Waals surface area (Å²) >= 11 is 12.4. The molecule has 1 heterocycles. The Morgan fingerprint density at radius 2 is 2.00 bits per heavy atom. The van der Waals surface area contributed by atoms with Gasteiger partial charge in [-0.1, -0.05) is 29.3 Å². The molecule has 6 heteroatoms. The van der Waals surface area contributed by atoms with Gasteiger partial charge in [0.1, 0.15) is 0 Å². The van der Waals surface area contributed by atoms with Crippen molar-refractivity contribution in [2.24, 2.45) is 12.9 Å². The molecule has 0 aliphatic heterocycles. The lowest BCUT2D eigenvalue weighted by Gasteiger charge is -2.19. The van der Waals surface area contributed by atoms with Gasteiger partial charge in [-0.15, -0.1) is 0 Å². The van der Waals surface area contributed by atoms with E-state index in [-0.39, 0.29) is 6.04 Å². The van der Waals surface area contributed by atoms with E-state index in [1.54, 1.807) is 0 Å². The molecule has 2 rings (SSSR count). The Balaban J connectivity index is 2.33. The molecule has 0 amide bonds. The summed E-state index contributed by atoms with van der Waals surface area (Å²) in [6, 6.07) is 7.30. The standard InChI is InChI=1S/C13H16Cl2N4/c1-8-6-9(19(2)18-8)7-12(17-16)13-10(14)4-3-5-11(13)15/h3-6,12,17H,7,16H2,1-2H3. The van der Waals surface area contributed by atoms with E-state index in [1.807, 2.05) is 42.9 Å². The number of aromatic nitrogens is 2. The molecule has 1 aromatic heterocycles. The second-order valence-electron chi connectivity index (χ2n) is 4.46. The van der Waals surface area contributed by atoms with Gasteiger partial charge in [-0.2, -0.15) is 5.10 Å². The fourth-order valence-electron chi connectivity index (χ4n) is 2.15. The summed E-state index contributed by atoms with van der Waals surface area (Å²) in [5.41, 5.74) is 5.62. The molecule has 1 unspecified atom stereocenters. The Kier molecular flexibility index (Phi) is 4.47. The number of hydrogen-bond acceptors (Lipinski definition) is 3. The topological polar surface area (TPSA) is 55.9 Å². The molecule has 1 aromatic carbocycles. The van der Waals surface area contributed by atoms with Crippen LogP contribution in [0.15, 0.2) is 24.3 Å². The molecular weight excluding hydrogens is 283 g/mol. The normalized spacial score (nSPS) is 12.7. The summed E-state index contributed by atoms with van der Waals surface area (Å²) in [5, 5.41) is 5.53. The van der Waals surface area contributed by atoms with E-state index < -0.39 is 0 Å². The lowest BCUT2D eigenvalue weighted by molar-refractivity contribution is 0.530. The molecule has 19 heavy (non-hydrogen) atoms. The summed E-state index contributed by atoms with van der Waals surface area (Å²) in [7, 11) is 1.91. The van der Waals surface area contributed by atoms with Crippen molar-refractivity contribution in [2.75, 3.05) is 0 Å². The van der Waals surface area contributed by atoms with Crippen molar-refractivity contribution in [3.05, 3.63) is 51.3 Å². The minimum Gasteiger partial charge on any atom is -0.272 e. The highest BCUT2D eigenvalue weighted by molar-refractivity contribution is 6.36. The lowest BCUT2D eigenvalue weighted by Crippen LogP contribution is -2.30. The second-order valence-corrected chi connectivity index (χ2v) is 5.27. The molecule has 0 saturated heterocycles. The van der Waals surface area contributed by atoms with Crippen molar-refractivity contribution in [2.45, 2.75) is 19.4 Å².